The third-order valence-electron chi connectivity index (χ3n) is 3.92. The van der Waals surface area contributed by atoms with Crippen molar-refractivity contribution in [2.45, 2.75) is 6.61 Å². The molecule has 6 heteroatoms. The summed E-state index contributed by atoms with van der Waals surface area (Å²) in [5, 5.41) is 4.03. The van der Waals surface area contributed by atoms with Gasteiger partial charge in [0.05, 0.1) is 18.9 Å². The van der Waals surface area contributed by atoms with E-state index in [2.05, 4.69) is 33.1 Å². The van der Waals surface area contributed by atoms with Crippen LogP contribution in [0.1, 0.15) is 21.5 Å². The van der Waals surface area contributed by atoms with Crippen molar-refractivity contribution in [2.75, 3.05) is 7.11 Å². The first kappa shape index (κ1) is 19.9. The molecule has 0 heterocycles. The lowest BCUT2D eigenvalue weighted by Gasteiger charge is -2.11. The first-order valence-electron chi connectivity index (χ1n) is 8.60. The van der Waals surface area contributed by atoms with Gasteiger partial charge in [-0.05, 0) is 64.0 Å². The number of halogens is 1. The van der Waals surface area contributed by atoms with Gasteiger partial charge in [0.25, 0.3) is 5.91 Å². The zero-order chi connectivity index (χ0) is 19.8. The molecule has 3 aromatic rings. The lowest BCUT2D eigenvalue weighted by Crippen LogP contribution is -2.18. The van der Waals surface area contributed by atoms with E-state index in [0.717, 1.165) is 14.7 Å². The lowest BCUT2D eigenvalue weighted by molar-refractivity contribution is 0.0954. The second kappa shape index (κ2) is 9.89. The van der Waals surface area contributed by atoms with Crippen LogP contribution in [0.2, 0.25) is 0 Å². The van der Waals surface area contributed by atoms with E-state index in [-0.39, 0.29) is 5.91 Å². The predicted octanol–water partition coefficient (Wildman–Crippen LogP) is 4.64. The molecule has 0 aromatic heterocycles. The van der Waals surface area contributed by atoms with Gasteiger partial charge in [0.1, 0.15) is 6.61 Å². The van der Waals surface area contributed by atoms with E-state index < -0.39 is 0 Å². The van der Waals surface area contributed by atoms with Crippen LogP contribution < -0.4 is 14.9 Å². The highest BCUT2D eigenvalue weighted by Gasteiger charge is 2.08. The van der Waals surface area contributed by atoms with Gasteiger partial charge in [0.2, 0.25) is 0 Å². The predicted molar refractivity (Wildman–Crippen MR) is 118 cm³/mol. The van der Waals surface area contributed by atoms with Crippen LogP contribution in [0.15, 0.2) is 77.9 Å². The Hall–Kier alpha value is -2.87. The van der Waals surface area contributed by atoms with Crippen LogP contribution in [-0.2, 0) is 6.61 Å². The van der Waals surface area contributed by atoms with Crippen LogP contribution in [0.4, 0.5) is 0 Å². The molecule has 3 rings (SSSR count). The molecule has 0 atom stereocenters. The molecule has 0 bridgehead atoms. The normalized spacial score (nSPS) is 10.6. The van der Waals surface area contributed by atoms with E-state index >= 15 is 0 Å². The molecule has 1 amide bonds. The molecule has 0 aliphatic rings. The SMILES string of the molecule is COc1cc(/C=N/NC(=O)c2ccccc2I)ccc1OCc1ccccc1. The van der Waals surface area contributed by atoms with Gasteiger partial charge in [0.15, 0.2) is 11.5 Å². The van der Waals surface area contributed by atoms with Crippen molar-refractivity contribution >= 4 is 34.7 Å². The number of ether oxygens (including phenoxy) is 2. The number of amides is 1. The van der Waals surface area contributed by atoms with Crippen LogP contribution in [0, 0.1) is 3.57 Å². The number of hydrogen-bond acceptors (Lipinski definition) is 4. The minimum absolute atomic E-state index is 0.254. The molecule has 0 saturated heterocycles. The molecular weight excluding hydrogens is 467 g/mol. The van der Waals surface area contributed by atoms with E-state index in [1.807, 2.05) is 66.7 Å². The van der Waals surface area contributed by atoms with Gasteiger partial charge >= 0.3 is 0 Å². The van der Waals surface area contributed by atoms with Gasteiger partial charge in [-0.25, -0.2) is 5.43 Å². The number of benzene rings is 3. The fourth-order valence-electron chi connectivity index (χ4n) is 2.49. The highest BCUT2D eigenvalue weighted by molar-refractivity contribution is 14.1. The highest BCUT2D eigenvalue weighted by atomic mass is 127. The Kier molecular flexibility index (Phi) is 7.02. The summed E-state index contributed by atoms with van der Waals surface area (Å²) in [6.45, 7) is 0.455. The number of carbonyl (C=O) groups is 1. The highest BCUT2D eigenvalue weighted by Crippen LogP contribution is 2.28. The van der Waals surface area contributed by atoms with Crippen molar-refractivity contribution in [3.8, 4) is 11.5 Å². The van der Waals surface area contributed by atoms with Gasteiger partial charge in [0, 0.05) is 3.57 Å². The molecule has 0 spiro atoms. The topological polar surface area (TPSA) is 59.9 Å². The summed E-state index contributed by atoms with van der Waals surface area (Å²) >= 11 is 2.12. The molecule has 0 aliphatic heterocycles. The number of methoxy groups -OCH3 is 1. The van der Waals surface area contributed by atoms with Crippen molar-refractivity contribution in [3.05, 3.63) is 93.1 Å². The number of hydrazone groups is 1. The Morgan fingerprint density at radius 2 is 1.79 bits per heavy atom. The van der Waals surface area contributed by atoms with Crippen molar-refractivity contribution in [2.24, 2.45) is 5.10 Å². The smallest absolute Gasteiger partial charge is 0.272 e. The quantitative estimate of drug-likeness (QED) is 0.301. The van der Waals surface area contributed by atoms with Gasteiger partial charge < -0.3 is 9.47 Å². The van der Waals surface area contributed by atoms with Crippen LogP contribution in [0.25, 0.3) is 0 Å². The number of hydrogen-bond donors (Lipinski definition) is 1. The molecule has 3 aromatic carbocycles. The summed E-state index contributed by atoms with van der Waals surface area (Å²) < 4.78 is 12.1. The van der Waals surface area contributed by atoms with E-state index in [1.165, 1.54) is 0 Å². The molecule has 0 aliphatic carbocycles. The Morgan fingerprint density at radius 1 is 1.04 bits per heavy atom. The average molecular weight is 486 g/mol. The number of nitrogens with zero attached hydrogens (tertiary/aromatic N) is 1. The maximum absolute atomic E-state index is 12.2. The Bertz CT molecular complexity index is 975. The van der Waals surface area contributed by atoms with Crippen LogP contribution in [-0.4, -0.2) is 19.2 Å². The van der Waals surface area contributed by atoms with Gasteiger partial charge in [-0.3, -0.25) is 4.79 Å². The maximum Gasteiger partial charge on any atom is 0.272 e. The summed E-state index contributed by atoms with van der Waals surface area (Å²) in [4.78, 5) is 12.2. The van der Waals surface area contributed by atoms with Gasteiger partial charge in [-0.15, -0.1) is 0 Å². The molecule has 0 unspecified atom stereocenters. The second-order valence-electron chi connectivity index (χ2n) is 5.86. The largest absolute Gasteiger partial charge is 0.493 e. The third-order valence-corrected chi connectivity index (χ3v) is 4.86. The van der Waals surface area contributed by atoms with Crippen molar-refractivity contribution in [3.63, 3.8) is 0 Å². The average Bonchev–Trinajstić information content (AvgIpc) is 2.73. The monoisotopic (exact) mass is 486 g/mol. The molecule has 142 valence electrons. The van der Waals surface area contributed by atoms with E-state index in [4.69, 9.17) is 9.47 Å². The van der Waals surface area contributed by atoms with Gasteiger partial charge in [-0.1, -0.05) is 42.5 Å². The summed E-state index contributed by atoms with van der Waals surface area (Å²) in [7, 11) is 1.59. The molecular formula is C22H19IN2O3. The molecule has 0 saturated carbocycles. The van der Waals surface area contributed by atoms with Gasteiger partial charge in [-0.2, -0.15) is 5.10 Å². The van der Waals surface area contributed by atoms with Crippen molar-refractivity contribution in [1.29, 1.82) is 0 Å². The zero-order valence-electron chi connectivity index (χ0n) is 15.3. The molecule has 28 heavy (non-hydrogen) atoms. The minimum Gasteiger partial charge on any atom is -0.493 e. The fourth-order valence-corrected chi connectivity index (χ4v) is 3.12. The minimum atomic E-state index is -0.254. The lowest BCUT2D eigenvalue weighted by atomic mass is 10.2. The standard InChI is InChI=1S/C22H19IN2O3/c1-27-21-13-17(11-12-20(21)28-15-16-7-3-2-4-8-16)14-24-25-22(26)18-9-5-6-10-19(18)23/h2-14H,15H2,1H3,(H,25,26)/b24-14+. The first-order chi connectivity index (χ1) is 13.7. The summed E-state index contributed by atoms with van der Waals surface area (Å²) in [5.41, 5.74) is 4.99. The molecule has 0 radical (unpaired) electrons. The molecule has 0 fully saturated rings. The molecule has 1 N–H and O–H groups in total. The van der Waals surface area contributed by atoms with Crippen molar-refractivity contribution in [1.82, 2.24) is 5.43 Å². The number of carbonyl (C=O) groups excluding carboxylic acids is 1. The zero-order valence-corrected chi connectivity index (χ0v) is 17.4. The fraction of sp³-hybridized carbons (Fsp3) is 0.0909. The summed E-state index contributed by atoms with van der Waals surface area (Å²) in [6, 6.07) is 22.7. The van der Waals surface area contributed by atoms with Crippen LogP contribution in [0.3, 0.4) is 0 Å². The van der Waals surface area contributed by atoms with E-state index in [1.54, 1.807) is 19.4 Å². The first-order valence-corrected chi connectivity index (χ1v) is 9.68. The second-order valence-corrected chi connectivity index (χ2v) is 7.03. The molecule has 5 nitrogen and oxygen atoms in total. The van der Waals surface area contributed by atoms with Crippen molar-refractivity contribution < 1.29 is 14.3 Å². The number of rotatable bonds is 7. The summed E-state index contributed by atoms with van der Waals surface area (Å²) in [6.07, 6.45) is 1.57. The van der Waals surface area contributed by atoms with E-state index in [9.17, 15) is 4.79 Å². The van der Waals surface area contributed by atoms with E-state index in [0.29, 0.717) is 23.7 Å². The summed E-state index contributed by atoms with van der Waals surface area (Å²) in [5.74, 6) is 0.992. The van der Waals surface area contributed by atoms with Crippen LogP contribution in [0.5, 0.6) is 11.5 Å². The Morgan fingerprint density at radius 3 is 2.54 bits per heavy atom. The van der Waals surface area contributed by atoms with Crippen LogP contribution >= 0.6 is 22.6 Å². The number of nitrogens with one attached hydrogen (secondary N) is 1. The third kappa shape index (κ3) is 5.32. The maximum atomic E-state index is 12.2. The Labute approximate surface area is 177 Å². The Balaban J connectivity index is 1.63.